The number of rotatable bonds is 3. The van der Waals surface area contributed by atoms with E-state index in [1.54, 1.807) is 5.38 Å². The van der Waals surface area contributed by atoms with Crippen molar-refractivity contribution in [2.24, 2.45) is 0 Å². The molecular formula is C9H13N3O3S2. The first-order valence-corrected chi connectivity index (χ1v) is 7.47. The number of amides is 1. The third kappa shape index (κ3) is 2.96. The summed E-state index contributed by atoms with van der Waals surface area (Å²) in [4.78, 5) is 10.9. The van der Waals surface area contributed by atoms with Gasteiger partial charge in [-0.05, 0) is 12.5 Å². The highest BCUT2D eigenvalue weighted by Crippen LogP contribution is 2.22. The summed E-state index contributed by atoms with van der Waals surface area (Å²) < 4.78 is 26.6. The first-order chi connectivity index (χ1) is 7.97. The molecule has 1 fully saturated rings. The summed E-state index contributed by atoms with van der Waals surface area (Å²) in [5.41, 5.74) is 5.93. The van der Waals surface area contributed by atoms with Crippen LogP contribution in [0.1, 0.15) is 12.8 Å². The normalized spacial score (nSPS) is 21.2. The van der Waals surface area contributed by atoms with Crippen molar-refractivity contribution in [3.8, 4) is 0 Å². The van der Waals surface area contributed by atoms with Crippen LogP contribution in [0.5, 0.6) is 0 Å². The molecule has 1 saturated heterocycles. The quantitative estimate of drug-likeness (QED) is 0.716. The van der Waals surface area contributed by atoms with Gasteiger partial charge >= 0.3 is 0 Å². The number of anilines is 1. The number of carbonyl (C=O) groups is 1. The van der Waals surface area contributed by atoms with Gasteiger partial charge < -0.3 is 11.1 Å². The Labute approximate surface area is 103 Å². The van der Waals surface area contributed by atoms with Crippen molar-refractivity contribution in [2.45, 2.75) is 23.1 Å². The van der Waals surface area contributed by atoms with Gasteiger partial charge in [0.05, 0.1) is 0 Å². The topological polar surface area (TPSA) is 101 Å². The molecule has 1 aliphatic heterocycles. The lowest BCUT2D eigenvalue weighted by Crippen LogP contribution is -2.47. The lowest BCUT2D eigenvalue weighted by atomic mass is 10.1. The Balaban J connectivity index is 2.05. The number of sulfonamides is 1. The summed E-state index contributed by atoms with van der Waals surface area (Å²) in [6, 6.07) is 1.18. The average Bonchev–Trinajstić information content (AvgIpc) is 2.69. The monoisotopic (exact) mass is 275 g/mol. The highest BCUT2D eigenvalue weighted by atomic mass is 32.2. The van der Waals surface area contributed by atoms with Crippen molar-refractivity contribution in [3.63, 3.8) is 0 Å². The lowest BCUT2D eigenvalue weighted by Gasteiger charge is -2.22. The van der Waals surface area contributed by atoms with E-state index in [1.165, 1.54) is 6.07 Å². The molecule has 1 aromatic heterocycles. The van der Waals surface area contributed by atoms with E-state index in [4.69, 9.17) is 5.73 Å². The number of piperidine rings is 1. The van der Waals surface area contributed by atoms with Crippen LogP contribution in [0.4, 0.5) is 5.69 Å². The molecule has 1 aromatic rings. The Morgan fingerprint density at radius 3 is 2.82 bits per heavy atom. The Bertz CT molecular complexity index is 513. The second kappa shape index (κ2) is 4.63. The molecule has 0 saturated carbocycles. The van der Waals surface area contributed by atoms with Gasteiger partial charge in [-0.15, -0.1) is 11.3 Å². The van der Waals surface area contributed by atoms with Gasteiger partial charge in [-0.3, -0.25) is 4.79 Å². The fourth-order valence-electron chi connectivity index (χ4n) is 1.58. The fourth-order valence-corrected chi connectivity index (χ4v) is 3.95. The van der Waals surface area contributed by atoms with Crippen LogP contribution >= 0.6 is 11.3 Å². The first kappa shape index (κ1) is 12.3. The van der Waals surface area contributed by atoms with Gasteiger partial charge in [-0.25, -0.2) is 13.1 Å². The minimum atomic E-state index is -3.52. The van der Waals surface area contributed by atoms with Crippen LogP contribution in [-0.4, -0.2) is 26.9 Å². The highest BCUT2D eigenvalue weighted by Gasteiger charge is 2.24. The largest absolute Gasteiger partial charge is 0.398 e. The summed E-state index contributed by atoms with van der Waals surface area (Å²) >= 11 is 1.08. The maximum absolute atomic E-state index is 11.9. The summed E-state index contributed by atoms with van der Waals surface area (Å²) in [5.74, 6) is -0.0409. The van der Waals surface area contributed by atoms with E-state index in [0.717, 1.165) is 11.3 Å². The number of thiophene rings is 1. The van der Waals surface area contributed by atoms with E-state index in [0.29, 0.717) is 25.1 Å². The maximum Gasteiger partial charge on any atom is 0.250 e. The summed E-state index contributed by atoms with van der Waals surface area (Å²) in [5, 5.41) is 4.20. The molecule has 1 amide bonds. The SMILES string of the molecule is Nc1csc(S(=O)(=O)NC2CCC(=O)NC2)c1. The Kier molecular flexibility index (Phi) is 3.36. The fraction of sp³-hybridized carbons (Fsp3) is 0.444. The van der Waals surface area contributed by atoms with Crippen molar-refractivity contribution >= 4 is 33.0 Å². The van der Waals surface area contributed by atoms with E-state index < -0.39 is 10.0 Å². The van der Waals surface area contributed by atoms with Crippen molar-refractivity contribution < 1.29 is 13.2 Å². The Morgan fingerprint density at radius 1 is 1.53 bits per heavy atom. The maximum atomic E-state index is 11.9. The molecule has 6 nitrogen and oxygen atoms in total. The highest BCUT2D eigenvalue weighted by molar-refractivity contribution is 7.91. The van der Waals surface area contributed by atoms with Crippen LogP contribution < -0.4 is 15.8 Å². The van der Waals surface area contributed by atoms with Crippen LogP contribution in [0.2, 0.25) is 0 Å². The molecule has 0 spiro atoms. The van der Waals surface area contributed by atoms with Crippen LogP contribution in [-0.2, 0) is 14.8 Å². The van der Waals surface area contributed by atoms with Crippen molar-refractivity contribution in [1.82, 2.24) is 10.0 Å². The lowest BCUT2D eigenvalue weighted by molar-refractivity contribution is -0.122. The van der Waals surface area contributed by atoms with E-state index >= 15 is 0 Å². The van der Waals surface area contributed by atoms with Crippen LogP contribution in [0.25, 0.3) is 0 Å². The molecule has 1 atom stereocenters. The van der Waals surface area contributed by atoms with E-state index in [9.17, 15) is 13.2 Å². The molecule has 2 heterocycles. The van der Waals surface area contributed by atoms with Crippen molar-refractivity contribution in [2.75, 3.05) is 12.3 Å². The Hall–Kier alpha value is -1.12. The second-order valence-electron chi connectivity index (χ2n) is 3.86. The van der Waals surface area contributed by atoms with Crippen LogP contribution in [0.15, 0.2) is 15.7 Å². The number of nitrogens with one attached hydrogen (secondary N) is 2. The van der Waals surface area contributed by atoms with Crippen molar-refractivity contribution in [3.05, 3.63) is 11.4 Å². The van der Waals surface area contributed by atoms with Gasteiger partial charge in [0.1, 0.15) is 4.21 Å². The van der Waals surface area contributed by atoms with E-state index in [-0.39, 0.29) is 16.2 Å². The zero-order chi connectivity index (χ0) is 12.5. The van der Waals surface area contributed by atoms with Crippen LogP contribution in [0.3, 0.4) is 0 Å². The molecule has 17 heavy (non-hydrogen) atoms. The van der Waals surface area contributed by atoms with Gasteiger partial charge in [0.15, 0.2) is 0 Å². The van der Waals surface area contributed by atoms with E-state index in [2.05, 4.69) is 10.0 Å². The molecular weight excluding hydrogens is 262 g/mol. The van der Waals surface area contributed by atoms with Crippen molar-refractivity contribution in [1.29, 1.82) is 0 Å². The molecule has 0 aliphatic carbocycles. The molecule has 0 bridgehead atoms. The number of nitrogen functional groups attached to an aromatic ring is 1. The second-order valence-corrected chi connectivity index (χ2v) is 6.71. The van der Waals surface area contributed by atoms with Gasteiger partial charge in [-0.1, -0.05) is 0 Å². The standard InChI is InChI=1S/C9H13N3O3S2/c10-6-3-9(16-5-6)17(14,15)12-7-1-2-8(13)11-4-7/h3,5,7,12H,1-2,4,10H2,(H,11,13). The molecule has 4 N–H and O–H groups in total. The minimum Gasteiger partial charge on any atom is -0.398 e. The van der Waals surface area contributed by atoms with Gasteiger partial charge in [0, 0.05) is 30.1 Å². The summed E-state index contributed by atoms with van der Waals surface area (Å²) in [7, 11) is -3.52. The minimum absolute atomic E-state index is 0.0409. The smallest absolute Gasteiger partial charge is 0.250 e. The molecule has 8 heteroatoms. The first-order valence-electron chi connectivity index (χ1n) is 5.10. The molecule has 0 aromatic carbocycles. The van der Waals surface area contributed by atoms with Gasteiger partial charge in [0.25, 0.3) is 0 Å². The van der Waals surface area contributed by atoms with Gasteiger partial charge in [0.2, 0.25) is 15.9 Å². The van der Waals surface area contributed by atoms with Gasteiger partial charge in [-0.2, -0.15) is 0 Å². The number of hydrogen-bond donors (Lipinski definition) is 3. The molecule has 2 rings (SSSR count). The molecule has 94 valence electrons. The molecule has 1 unspecified atom stereocenters. The predicted octanol–water partition coefficient (Wildman–Crippen LogP) is -0.113. The zero-order valence-corrected chi connectivity index (χ0v) is 10.6. The number of nitrogens with two attached hydrogens (primary N) is 1. The number of hydrogen-bond acceptors (Lipinski definition) is 5. The summed E-state index contributed by atoms with van der Waals surface area (Å²) in [6.45, 7) is 0.332. The average molecular weight is 275 g/mol. The number of carbonyl (C=O) groups excluding carboxylic acids is 1. The van der Waals surface area contributed by atoms with Crippen LogP contribution in [0, 0.1) is 0 Å². The third-order valence-electron chi connectivity index (χ3n) is 2.45. The molecule has 1 aliphatic rings. The van der Waals surface area contributed by atoms with E-state index in [1.807, 2.05) is 0 Å². The predicted molar refractivity (Wildman–Crippen MR) is 65.1 cm³/mol. The summed E-state index contributed by atoms with van der Waals surface area (Å²) in [6.07, 6.45) is 0.867. The zero-order valence-electron chi connectivity index (χ0n) is 8.97. The Morgan fingerprint density at radius 2 is 2.29 bits per heavy atom. The third-order valence-corrected chi connectivity index (χ3v) is 5.43. The molecule has 0 radical (unpaired) electrons.